The highest BCUT2D eigenvalue weighted by Gasteiger charge is 2.11. The van der Waals surface area contributed by atoms with Gasteiger partial charge in [0.2, 0.25) is 0 Å². The Morgan fingerprint density at radius 2 is 2.14 bits per heavy atom. The molecule has 22 heavy (non-hydrogen) atoms. The molecule has 0 fully saturated rings. The van der Waals surface area contributed by atoms with Gasteiger partial charge in [-0.15, -0.1) is 0 Å². The second-order valence-corrected chi connectivity index (χ2v) is 5.23. The maximum atomic E-state index is 10.0. The van der Waals surface area contributed by atoms with Crippen LogP contribution < -0.4 is 4.74 Å². The molecule has 1 aromatic heterocycles. The summed E-state index contributed by atoms with van der Waals surface area (Å²) in [6.07, 6.45) is -0.617. The maximum absolute atomic E-state index is 10.0. The molecule has 6 nitrogen and oxygen atoms in total. The molecule has 0 aliphatic heterocycles. The average molecular weight is 301 g/mol. The van der Waals surface area contributed by atoms with Gasteiger partial charge in [-0.3, -0.25) is 4.90 Å². The van der Waals surface area contributed by atoms with Crippen LogP contribution in [-0.4, -0.2) is 41.5 Å². The fourth-order valence-electron chi connectivity index (χ4n) is 2.06. The van der Waals surface area contributed by atoms with Gasteiger partial charge in [-0.1, -0.05) is 5.16 Å². The van der Waals surface area contributed by atoms with Crippen LogP contribution in [-0.2, 0) is 6.54 Å². The summed E-state index contributed by atoms with van der Waals surface area (Å²) in [5.41, 5.74) is 1.41. The van der Waals surface area contributed by atoms with Gasteiger partial charge in [0.05, 0.1) is 17.3 Å². The van der Waals surface area contributed by atoms with Gasteiger partial charge in [-0.25, -0.2) is 0 Å². The van der Waals surface area contributed by atoms with E-state index in [4.69, 9.17) is 14.5 Å². The van der Waals surface area contributed by atoms with Gasteiger partial charge in [0.15, 0.2) is 0 Å². The van der Waals surface area contributed by atoms with Crippen molar-refractivity contribution in [2.75, 3.05) is 20.2 Å². The van der Waals surface area contributed by atoms with Crippen LogP contribution in [0, 0.1) is 18.3 Å². The standard InChI is InChI=1S/C16H19N3O3/c1-12-7-14(18-22-12)9-19(2)10-15(20)11-21-16-5-3-13(8-17)4-6-16/h3-7,15,20H,9-11H2,1-2H3. The highest BCUT2D eigenvalue weighted by atomic mass is 16.5. The summed E-state index contributed by atoms with van der Waals surface area (Å²) in [5, 5.41) is 22.6. The van der Waals surface area contributed by atoms with Crippen molar-refractivity contribution >= 4 is 0 Å². The Bertz CT molecular complexity index is 631. The number of likely N-dealkylation sites (N-methyl/N-ethyl adjacent to an activating group) is 1. The predicted octanol–water partition coefficient (Wildman–Crippen LogP) is 1.73. The van der Waals surface area contributed by atoms with Gasteiger partial charge in [0.1, 0.15) is 24.2 Å². The minimum atomic E-state index is -0.617. The number of ether oxygens (including phenoxy) is 1. The molecule has 0 spiro atoms. The Balaban J connectivity index is 1.74. The van der Waals surface area contributed by atoms with Gasteiger partial charge in [-0.2, -0.15) is 5.26 Å². The molecular formula is C16H19N3O3. The number of nitriles is 1. The molecule has 1 aromatic carbocycles. The average Bonchev–Trinajstić information content (AvgIpc) is 2.90. The van der Waals surface area contributed by atoms with E-state index in [9.17, 15) is 5.11 Å². The van der Waals surface area contributed by atoms with E-state index >= 15 is 0 Å². The molecule has 0 amide bonds. The van der Waals surface area contributed by atoms with E-state index in [-0.39, 0.29) is 6.61 Å². The number of aryl methyl sites for hydroxylation is 1. The van der Waals surface area contributed by atoms with Crippen LogP contribution in [0.4, 0.5) is 0 Å². The summed E-state index contributed by atoms with van der Waals surface area (Å²) < 4.78 is 10.5. The lowest BCUT2D eigenvalue weighted by Gasteiger charge is -2.19. The van der Waals surface area contributed by atoms with Crippen LogP contribution in [0.1, 0.15) is 17.0 Å². The van der Waals surface area contributed by atoms with Crippen molar-refractivity contribution in [3.8, 4) is 11.8 Å². The molecule has 0 radical (unpaired) electrons. The maximum Gasteiger partial charge on any atom is 0.133 e. The zero-order valence-electron chi connectivity index (χ0n) is 12.7. The zero-order valence-corrected chi connectivity index (χ0v) is 12.7. The summed E-state index contributed by atoms with van der Waals surface area (Å²) in [4.78, 5) is 1.95. The first-order valence-electron chi connectivity index (χ1n) is 6.98. The van der Waals surface area contributed by atoms with Crippen LogP contribution in [0.25, 0.3) is 0 Å². The van der Waals surface area contributed by atoms with E-state index in [1.807, 2.05) is 31.0 Å². The molecule has 6 heteroatoms. The Morgan fingerprint density at radius 3 is 2.73 bits per heavy atom. The monoisotopic (exact) mass is 301 g/mol. The van der Waals surface area contributed by atoms with E-state index in [1.165, 1.54) is 0 Å². The van der Waals surface area contributed by atoms with Gasteiger partial charge in [-0.05, 0) is 38.2 Å². The summed E-state index contributed by atoms with van der Waals surface area (Å²) in [7, 11) is 1.90. The minimum Gasteiger partial charge on any atom is -0.491 e. The Hall–Kier alpha value is -2.36. The molecule has 0 bridgehead atoms. The molecule has 1 atom stereocenters. The Morgan fingerprint density at radius 1 is 1.41 bits per heavy atom. The lowest BCUT2D eigenvalue weighted by atomic mass is 10.2. The molecule has 2 aromatic rings. The lowest BCUT2D eigenvalue weighted by molar-refractivity contribution is 0.0737. The molecule has 1 heterocycles. The SMILES string of the molecule is Cc1cc(CN(C)CC(O)COc2ccc(C#N)cc2)no1. The first-order valence-corrected chi connectivity index (χ1v) is 6.98. The van der Waals surface area contributed by atoms with Crippen molar-refractivity contribution in [1.29, 1.82) is 5.26 Å². The van der Waals surface area contributed by atoms with Crippen LogP contribution in [0.2, 0.25) is 0 Å². The molecule has 0 aliphatic rings. The van der Waals surface area contributed by atoms with Gasteiger partial charge < -0.3 is 14.4 Å². The van der Waals surface area contributed by atoms with Crippen LogP contribution in [0.5, 0.6) is 5.75 Å². The summed E-state index contributed by atoms with van der Waals surface area (Å²) in [5.74, 6) is 1.40. The molecule has 2 rings (SSSR count). The highest BCUT2D eigenvalue weighted by molar-refractivity contribution is 5.34. The van der Waals surface area contributed by atoms with Crippen molar-refractivity contribution in [2.45, 2.75) is 19.6 Å². The first kappa shape index (κ1) is 16.0. The predicted molar refractivity (Wildman–Crippen MR) is 80.2 cm³/mol. The molecule has 116 valence electrons. The number of rotatable bonds is 7. The molecule has 0 saturated carbocycles. The van der Waals surface area contributed by atoms with Crippen molar-refractivity contribution in [3.63, 3.8) is 0 Å². The molecule has 1 N–H and O–H groups in total. The second kappa shape index (κ2) is 7.59. The minimum absolute atomic E-state index is 0.189. The Kier molecular flexibility index (Phi) is 5.53. The van der Waals surface area contributed by atoms with Gasteiger partial charge in [0.25, 0.3) is 0 Å². The fourth-order valence-corrected chi connectivity index (χ4v) is 2.06. The smallest absolute Gasteiger partial charge is 0.133 e. The molecule has 0 saturated heterocycles. The number of aliphatic hydroxyl groups is 1. The van der Waals surface area contributed by atoms with Crippen LogP contribution >= 0.6 is 0 Å². The van der Waals surface area contributed by atoms with Crippen molar-refractivity contribution in [2.24, 2.45) is 0 Å². The number of aliphatic hydroxyl groups excluding tert-OH is 1. The number of nitrogens with zero attached hydrogens (tertiary/aromatic N) is 3. The van der Waals surface area contributed by atoms with Crippen LogP contribution in [0.3, 0.4) is 0 Å². The van der Waals surface area contributed by atoms with E-state index in [0.29, 0.717) is 24.4 Å². The summed E-state index contributed by atoms with van der Waals surface area (Å²) >= 11 is 0. The molecule has 1 unspecified atom stereocenters. The first-order chi connectivity index (χ1) is 10.6. The topological polar surface area (TPSA) is 82.5 Å². The third-order valence-electron chi connectivity index (χ3n) is 3.06. The summed E-state index contributed by atoms with van der Waals surface area (Å²) in [6.45, 7) is 3.10. The van der Waals surface area contributed by atoms with Crippen molar-refractivity contribution < 1.29 is 14.4 Å². The van der Waals surface area contributed by atoms with Crippen LogP contribution in [0.15, 0.2) is 34.9 Å². The third kappa shape index (κ3) is 4.88. The molecule has 0 aliphatic carbocycles. The van der Waals surface area contributed by atoms with Gasteiger partial charge in [0, 0.05) is 19.2 Å². The number of hydrogen-bond donors (Lipinski definition) is 1. The highest BCUT2D eigenvalue weighted by Crippen LogP contribution is 2.12. The third-order valence-corrected chi connectivity index (χ3v) is 3.06. The normalized spacial score (nSPS) is 12.1. The lowest BCUT2D eigenvalue weighted by Crippen LogP contribution is -2.32. The van der Waals surface area contributed by atoms with Gasteiger partial charge >= 0.3 is 0 Å². The summed E-state index contributed by atoms with van der Waals surface area (Å²) in [6, 6.07) is 10.7. The number of hydrogen-bond acceptors (Lipinski definition) is 6. The quantitative estimate of drug-likeness (QED) is 0.838. The zero-order chi connectivity index (χ0) is 15.9. The van der Waals surface area contributed by atoms with E-state index in [1.54, 1.807) is 24.3 Å². The van der Waals surface area contributed by atoms with Crippen molar-refractivity contribution in [3.05, 3.63) is 47.3 Å². The number of benzene rings is 1. The van der Waals surface area contributed by atoms with E-state index in [0.717, 1.165) is 11.5 Å². The largest absolute Gasteiger partial charge is 0.491 e. The number of aromatic nitrogens is 1. The fraction of sp³-hybridized carbons (Fsp3) is 0.375. The van der Waals surface area contributed by atoms with Crippen molar-refractivity contribution in [1.82, 2.24) is 10.1 Å². The molecular weight excluding hydrogens is 282 g/mol. The van der Waals surface area contributed by atoms with E-state index in [2.05, 4.69) is 5.16 Å². The second-order valence-electron chi connectivity index (χ2n) is 5.23. The Labute approximate surface area is 129 Å². The van der Waals surface area contributed by atoms with E-state index < -0.39 is 6.10 Å².